The van der Waals surface area contributed by atoms with Gasteiger partial charge in [0.1, 0.15) is 18.8 Å². The maximum atomic E-state index is 13.0. The Hall–Kier alpha value is -4.49. The number of fused-ring (bicyclic) bond motifs is 1. The van der Waals surface area contributed by atoms with Crippen LogP contribution in [0.2, 0.25) is 5.15 Å². The molecule has 220 valence electrons. The predicted molar refractivity (Wildman–Crippen MR) is 155 cm³/mol. The van der Waals surface area contributed by atoms with Crippen molar-refractivity contribution in [3.63, 3.8) is 0 Å². The molecular weight excluding hydrogens is 562 g/mol. The summed E-state index contributed by atoms with van der Waals surface area (Å²) in [5, 5.41) is 5.61. The zero-order valence-electron chi connectivity index (χ0n) is 23.2. The molecule has 0 unspecified atom stereocenters. The Labute approximate surface area is 247 Å². The van der Waals surface area contributed by atoms with E-state index in [0.29, 0.717) is 32.0 Å². The van der Waals surface area contributed by atoms with Gasteiger partial charge in [0.15, 0.2) is 40.1 Å². The van der Waals surface area contributed by atoms with Crippen molar-refractivity contribution in [2.45, 2.75) is 52.0 Å². The molecule has 3 aromatic heterocycles. The normalized spacial score (nSPS) is 14.7. The summed E-state index contributed by atoms with van der Waals surface area (Å²) in [6, 6.07) is 11.2. The molecule has 1 atom stereocenters. The third-order valence-corrected chi connectivity index (χ3v) is 7.25. The summed E-state index contributed by atoms with van der Waals surface area (Å²) in [5.41, 5.74) is 14.0. The fourth-order valence-electron chi connectivity index (χ4n) is 4.94. The number of aromatic nitrogens is 5. The number of pyridine rings is 1. The molecule has 1 saturated heterocycles. The summed E-state index contributed by atoms with van der Waals surface area (Å²) in [4.78, 5) is 37.6. The van der Waals surface area contributed by atoms with Crippen LogP contribution in [0.25, 0.3) is 11.0 Å². The first-order valence-corrected chi connectivity index (χ1v) is 14.0. The Morgan fingerprint density at radius 1 is 1.17 bits per heavy atom. The number of hydrogen-bond acceptors (Lipinski definition) is 9. The minimum Gasteiger partial charge on any atom is -0.484 e. The van der Waals surface area contributed by atoms with Gasteiger partial charge in [0.2, 0.25) is 0 Å². The lowest BCUT2D eigenvalue weighted by atomic mass is 10.2. The number of anilines is 2. The Balaban J connectivity index is 1.37. The van der Waals surface area contributed by atoms with Crippen LogP contribution in [0.15, 0.2) is 42.6 Å². The number of rotatable bonds is 11. The molecule has 6 N–H and O–H groups in total. The van der Waals surface area contributed by atoms with Crippen LogP contribution in [0.1, 0.15) is 41.8 Å². The van der Waals surface area contributed by atoms with Crippen LogP contribution in [-0.4, -0.2) is 50.7 Å². The highest BCUT2D eigenvalue weighted by molar-refractivity contribution is 6.31. The second kappa shape index (κ2) is 13.0. The molecule has 2 amide bonds. The van der Waals surface area contributed by atoms with E-state index in [1.54, 1.807) is 6.20 Å². The number of nitrogens with zero attached hydrogens (tertiary/aromatic N) is 5. The van der Waals surface area contributed by atoms with Crippen molar-refractivity contribution >= 4 is 46.1 Å². The van der Waals surface area contributed by atoms with Gasteiger partial charge in [-0.25, -0.2) is 19.1 Å². The summed E-state index contributed by atoms with van der Waals surface area (Å²) >= 11 is 5.98. The molecule has 0 spiro atoms. The standard InChI is InChI=1S/C28H32ClN9O4/c1-2-37-20-9-8-18(42-16-22(39)33-13-17-6-3-4-10-32-17)12-21(20)38(15-19-7-5-11-41-19)23(37)14-34-28(40)24-26(30)36-27(31)25(29)35-24/h3-4,6,8-10,12,19H,2,5,7,11,13-16H2,1H3,(H5-,30,31,33,34,36,39,40)/p+1/t19-/m0/s1. The topological polar surface area (TPSA) is 176 Å². The van der Waals surface area contributed by atoms with Crippen molar-refractivity contribution in [3.05, 3.63) is 65.0 Å². The molecule has 0 radical (unpaired) electrons. The van der Waals surface area contributed by atoms with Gasteiger partial charge in [-0.05, 0) is 44.0 Å². The van der Waals surface area contributed by atoms with Crippen LogP contribution < -0.4 is 31.4 Å². The maximum absolute atomic E-state index is 13.0. The highest BCUT2D eigenvalue weighted by atomic mass is 35.5. The second-order valence-corrected chi connectivity index (χ2v) is 10.1. The molecule has 4 aromatic rings. The third kappa shape index (κ3) is 6.52. The molecule has 1 aromatic carbocycles. The van der Waals surface area contributed by atoms with Gasteiger partial charge in [-0.15, -0.1) is 0 Å². The van der Waals surface area contributed by atoms with Crippen LogP contribution in [-0.2, 0) is 35.7 Å². The molecule has 1 aliphatic heterocycles. The molecule has 1 fully saturated rings. The van der Waals surface area contributed by atoms with Crippen molar-refractivity contribution in [3.8, 4) is 5.75 Å². The van der Waals surface area contributed by atoms with Crippen LogP contribution in [0.3, 0.4) is 0 Å². The number of halogens is 1. The molecule has 5 rings (SSSR count). The van der Waals surface area contributed by atoms with Gasteiger partial charge >= 0.3 is 0 Å². The molecule has 4 heterocycles. The zero-order chi connectivity index (χ0) is 29.6. The van der Waals surface area contributed by atoms with Crippen LogP contribution in [0.4, 0.5) is 11.6 Å². The first-order valence-electron chi connectivity index (χ1n) is 13.7. The Kier molecular flexibility index (Phi) is 8.98. The maximum Gasteiger partial charge on any atom is 0.277 e. The van der Waals surface area contributed by atoms with E-state index >= 15 is 0 Å². The number of benzene rings is 1. The number of ether oxygens (including phenoxy) is 2. The summed E-state index contributed by atoms with van der Waals surface area (Å²) < 4.78 is 16.0. The molecular formula is C28H33ClN9O4+. The molecule has 0 aliphatic carbocycles. The van der Waals surface area contributed by atoms with Crippen molar-refractivity contribution in [2.24, 2.45) is 0 Å². The number of amides is 2. The lowest BCUT2D eigenvalue weighted by molar-refractivity contribution is -0.676. The lowest BCUT2D eigenvalue weighted by Crippen LogP contribution is -2.41. The summed E-state index contributed by atoms with van der Waals surface area (Å²) in [7, 11) is 0. The second-order valence-electron chi connectivity index (χ2n) is 9.76. The highest BCUT2D eigenvalue weighted by Crippen LogP contribution is 2.24. The van der Waals surface area contributed by atoms with E-state index in [2.05, 4.69) is 34.7 Å². The number of hydrogen-bond donors (Lipinski definition) is 4. The highest BCUT2D eigenvalue weighted by Gasteiger charge is 2.29. The summed E-state index contributed by atoms with van der Waals surface area (Å²) in [6.45, 7) is 4.31. The van der Waals surface area contributed by atoms with Crippen LogP contribution >= 0.6 is 11.6 Å². The molecule has 42 heavy (non-hydrogen) atoms. The molecule has 0 saturated carbocycles. The van der Waals surface area contributed by atoms with E-state index in [1.807, 2.05) is 43.3 Å². The van der Waals surface area contributed by atoms with Crippen LogP contribution in [0, 0.1) is 0 Å². The number of nitrogens with two attached hydrogens (primary N) is 2. The zero-order valence-corrected chi connectivity index (χ0v) is 23.9. The first-order chi connectivity index (χ1) is 20.3. The monoisotopic (exact) mass is 594 g/mol. The summed E-state index contributed by atoms with van der Waals surface area (Å²) in [5.74, 6) is 0.444. The number of aryl methyl sites for hydroxylation is 1. The molecule has 13 nitrogen and oxygen atoms in total. The minimum absolute atomic E-state index is 0.0275. The van der Waals surface area contributed by atoms with E-state index in [1.165, 1.54) is 0 Å². The van der Waals surface area contributed by atoms with Crippen molar-refractivity contribution in [1.29, 1.82) is 0 Å². The predicted octanol–water partition coefficient (Wildman–Crippen LogP) is 1.76. The number of nitrogen functional groups attached to an aromatic ring is 2. The van der Waals surface area contributed by atoms with E-state index < -0.39 is 5.91 Å². The van der Waals surface area contributed by atoms with Gasteiger partial charge in [0.25, 0.3) is 17.6 Å². The Morgan fingerprint density at radius 2 is 2.02 bits per heavy atom. The molecule has 0 bridgehead atoms. The number of nitrogens with one attached hydrogen (secondary N) is 2. The number of carbonyl (C=O) groups is 2. The smallest absolute Gasteiger partial charge is 0.277 e. The Morgan fingerprint density at radius 3 is 2.76 bits per heavy atom. The molecule has 1 aliphatic rings. The molecule has 14 heteroatoms. The van der Waals surface area contributed by atoms with E-state index in [4.69, 9.17) is 32.5 Å². The van der Waals surface area contributed by atoms with E-state index in [-0.39, 0.29) is 47.6 Å². The van der Waals surface area contributed by atoms with E-state index in [0.717, 1.165) is 35.4 Å². The average Bonchev–Trinajstić information content (AvgIpc) is 3.62. The SMILES string of the molecule is CC[n+]1c(CNC(=O)c2nc(Cl)c(N)nc2N)n(C[C@@H]2CCCO2)c2cc(OCC(=O)NCc3ccccn3)ccc21. The van der Waals surface area contributed by atoms with Crippen molar-refractivity contribution < 1.29 is 23.6 Å². The average molecular weight is 595 g/mol. The number of carbonyl (C=O) groups excluding carboxylic acids is 2. The van der Waals surface area contributed by atoms with E-state index in [9.17, 15) is 9.59 Å². The summed E-state index contributed by atoms with van der Waals surface area (Å²) in [6.07, 6.45) is 3.62. The van der Waals surface area contributed by atoms with Crippen LogP contribution in [0.5, 0.6) is 5.75 Å². The van der Waals surface area contributed by atoms with Crippen molar-refractivity contribution in [1.82, 2.24) is 30.2 Å². The van der Waals surface area contributed by atoms with Gasteiger partial charge in [-0.1, -0.05) is 17.7 Å². The van der Waals surface area contributed by atoms with Gasteiger partial charge in [-0.2, -0.15) is 0 Å². The van der Waals surface area contributed by atoms with Gasteiger partial charge in [0.05, 0.1) is 24.9 Å². The van der Waals surface area contributed by atoms with Crippen molar-refractivity contribution in [2.75, 3.05) is 24.7 Å². The lowest BCUT2D eigenvalue weighted by Gasteiger charge is -2.11. The quantitative estimate of drug-likeness (QED) is 0.188. The fraction of sp³-hybridized carbons (Fsp3) is 0.357. The Bertz CT molecular complexity index is 1590. The first kappa shape index (κ1) is 29.0. The largest absolute Gasteiger partial charge is 0.484 e. The fourth-order valence-corrected chi connectivity index (χ4v) is 5.07. The van der Waals surface area contributed by atoms with Gasteiger partial charge < -0.3 is 31.6 Å². The number of imidazole rings is 1. The van der Waals surface area contributed by atoms with Gasteiger partial charge in [-0.3, -0.25) is 14.6 Å². The van der Waals surface area contributed by atoms with Gasteiger partial charge in [0, 0.05) is 18.9 Å². The third-order valence-electron chi connectivity index (χ3n) is 6.97. The minimum atomic E-state index is -0.529.